The quantitative estimate of drug-likeness (QED) is 0.431. The Labute approximate surface area is 213 Å². The third-order valence-corrected chi connectivity index (χ3v) is 6.85. The molecule has 10 nitrogen and oxygen atoms in total. The maximum atomic E-state index is 13.3. The highest BCUT2D eigenvalue weighted by Crippen LogP contribution is 2.34. The predicted octanol–water partition coefficient (Wildman–Crippen LogP) is 2.76. The van der Waals surface area contributed by atoms with E-state index in [9.17, 15) is 19.2 Å². The van der Waals surface area contributed by atoms with Gasteiger partial charge in [0, 0.05) is 30.8 Å². The topological polar surface area (TPSA) is 121 Å². The monoisotopic (exact) mass is 506 g/mol. The summed E-state index contributed by atoms with van der Waals surface area (Å²) in [7, 11) is 0. The molecule has 194 valence electrons. The number of hydrogen-bond acceptors (Lipinski definition) is 6. The van der Waals surface area contributed by atoms with E-state index in [4.69, 9.17) is 9.47 Å². The largest absolute Gasteiger partial charge is 0.454 e. The zero-order valence-electron chi connectivity index (χ0n) is 20.5. The molecular formula is C27H30N4O6. The standard InChI is InChI=1S/C27H30N4O6/c32-24(28-18-7-1-2-8-18)11-5-6-14-30-26(34)20-9-3-4-10-21(20)31(27(30)35)16-25(33)29-19-12-13-22-23(15-19)37-17-36-22/h3-4,9-10,12-13,15,18H,1-2,5-8,11,14,16-17H2,(H,28,32)(H,29,33). The van der Waals surface area contributed by atoms with Crippen LogP contribution in [-0.2, 0) is 22.7 Å². The van der Waals surface area contributed by atoms with Gasteiger partial charge in [-0.05, 0) is 49.9 Å². The fraction of sp³-hybridized carbons (Fsp3) is 0.407. The minimum Gasteiger partial charge on any atom is -0.454 e. The first-order valence-electron chi connectivity index (χ1n) is 12.7. The van der Waals surface area contributed by atoms with Crippen molar-refractivity contribution in [1.82, 2.24) is 14.5 Å². The molecule has 2 heterocycles. The third-order valence-electron chi connectivity index (χ3n) is 6.85. The number of aromatic nitrogens is 2. The summed E-state index contributed by atoms with van der Waals surface area (Å²) in [5, 5.41) is 6.19. The lowest BCUT2D eigenvalue weighted by Gasteiger charge is -2.15. The van der Waals surface area contributed by atoms with Crippen molar-refractivity contribution in [2.45, 2.75) is 64.1 Å². The molecule has 0 bridgehead atoms. The zero-order valence-corrected chi connectivity index (χ0v) is 20.5. The van der Waals surface area contributed by atoms with Crippen LogP contribution in [0.15, 0.2) is 52.1 Å². The number of amides is 2. The second-order valence-corrected chi connectivity index (χ2v) is 9.46. The molecule has 2 aliphatic rings. The molecular weight excluding hydrogens is 476 g/mol. The van der Waals surface area contributed by atoms with Gasteiger partial charge in [-0.25, -0.2) is 4.79 Å². The SMILES string of the molecule is O=C(Cn1c(=O)n(CCCCC(=O)NC2CCCC2)c(=O)c2ccccc21)Nc1ccc2c(c1)OCO2. The second kappa shape index (κ2) is 10.9. The highest BCUT2D eigenvalue weighted by molar-refractivity contribution is 5.92. The predicted molar refractivity (Wildman–Crippen MR) is 138 cm³/mol. The van der Waals surface area contributed by atoms with Gasteiger partial charge in [0.25, 0.3) is 5.56 Å². The summed E-state index contributed by atoms with van der Waals surface area (Å²) in [5.41, 5.74) is -0.0512. The summed E-state index contributed by atoms with van der Waals surface area (Å²) < 4.78 is 13.1. The van der Waals surface area contributed by atoms with Gasteiger partial charge in [-0.2, -0.15) is 0 Å². The number of carbonyl (C=O) groups is 2. The Kier molecular flexibility index (Phi) is 7.25. The molecule has 2 aromatic carbocycles. The molecule has 1 fully saturated rings. The third kappa shape index (κ3) is 5.52. The normalized spacial score (nSPS) is 14.7. The molecule has 5 rings (SSSR count). The summed E-state index contributed by atoms with van der Waals surface area (Å²) in [6.07, 6.45) is 5.76. The molecule has 10 heteroatoms. The maximum absolute atomic E-state index is 13.3. The highest BCUT2D eigenvalue weighted by atomic mass is 16.7. The fourth-order valence-electron chi connectivity index (χ4n) is 4.96. The Morgan fingerprint density at radius 3 is 2.54 bits per heavy atom. The summed E-state index contributed by atoms with van der Waals surface area (Å²) >= 11 is 0. The highest BCUT2D eigenvalue weighted by Gasteiger charge is 2.19. The number of nitrogens with one attached hydrogen (secondary N) is 2. The molecule has 0 atom stereocenters. The number of ether oxygens (including phenoxy) is 2. The summed E-state index contributed by atoms with van der Waals surface area (Å²) in [6.45, 7) is 0.0295. The first-order chi connectivity index (χ1) is 18.0. The van der Waals surface area contributed by atoms with E-state index >= 15 is 0 Å². The van der Waals surface area contributed by atoms with Crippen molar-refractivity contribution in [2.75, 3.05) is 12.1 Å². The number of anilines is 1. The van der Waals surface area contributed by atoms with E-state index in [1.165, 1.54) is 4.57 Å². The summed E-state index contributed by atoms with van der Waals surface area (Å²) in [6, 6.07) is 12.1. The van der Waals surface area contributed by atoms with Crippen LogP contribution in [0.3, 0.4) is 0 Å². The molecule has 0 saturated heterocycles. The van der Waals surface area contributed by atoms with Gasteiger partial charge in [-0.3, -0.25) is 23.5 Å². The Morgan fingerprint density at radius 2 is 1.70 bits per heavy atom. The Bertz CT molecular complexity index is 1440. The number of fused-ring (bicyclic) bond motifs is 2. The lowest BCUT2D eigenvalue weighted by atomic mass is 10.2. The van der Waals surface area contributed by atoms with Crippen LogP contribution in [0, 0.1) is 0 Å². The molecule has 1 aliphatic heterocycles. The van der Waals surface area contributed by atoms with Crippen molar-refractivity contribution in [3.63, 3.8) is 0 Å². The van der Waals surface area contributed by atoms with Crippen molar-refractivity contribution in [3.8, 4) is 11.5 Å². The molecule has 3 aromatic rings. The van der Waals surface area contributed by atoms with Gasteiger partial charge in [-0.1, -0.05) is 25.0 Å². The summed E-state index contributed by atoms with van der Waals surface area (Å²) in [4.78, 5) is 51.5. The van der Waals surface area contributed by atoms with Gasteiger partial charge >= 0.3 is 5.69 Å². The molecule has 1 aromatic heterocycles. The van der Waals surface area contributed by atoms with E-state index in [0.29, 0.717) is 47.4 Å². The molecule has 0 radical (unpaired) electrons. The lowest BCUT2D eigenvalue weighted by molar-refractivity contribution is -0.122. The first kappa shape index (κ1) is 24.6. The minimum absolute atomic E-state index is 0.00959. The molecule has 1 saturated carbocycles. The van der Waals surface area contributed by atoms with Gasteiger partial charge in [0.05, 0.1) is 10.9 Å². The molecule has 1 aliphatic carbocycles. The fourth-order valence-corrected chi connectivity index (χ4v) is 4.96. The summed E-state index contributed by atoms with van der Waals surface area (Å²) in [5.74, 6) is 0.726. The van der Waals surface area contributed by atoms with E-state index in [-0.39, 0.29) is 31.8 Å². The smallest absolute Gasteiger partial charge is 0.331 e. The zero-order chi connectivity index (χ0) is 25.8. The Hall–Kier alpha value is -4.08. The van der Waals surface area contributed by atoms with Crippen molar-refractivity contribution in [1.29, 1.82) is 0 Å². The number of unbranched alkanes of at least 4 members (excludes halogenated alkanes) is 1. The number of nitrogens with zero attached hydrogens (tertiary/aromatic N) is 2. The Balaban J connectivity index is 1.29. The van der Waals surface area contributed by atoms with Crippen LogP contribution in [0.25, 0.3) is 10.9 Å². The molecule has 0 spiro atoms. The number of hydrogen-bond donors (Lipinski definition) is 2. The molecule has 2 amide bonds. The number of para-hydroxylation sites is 1. The van der Waals surface area contributed by atoms with Gasteiger partial charge in [-0.15, -0.1) is 0 Å². The van der Waals surface area contributed by atoms with Crippen LogP contribution < -0.4 is 31.4 Å². The van der Waals surface area contributed by atoms with Gasteiger partial charge in [0.2, 0.25) is 18.6 Å². The Morgan fingerprint density at radius 1 is 0.919 bits per heavy atom. The average Bonchev–Trinajstić information content (AvgIpc) is 3.58. The van der Waals surface area contributed by atoms with Crippen molar-refractivity contribution in [2.24, 2.45) is 0 Å². The number of rotatable bonds is 9. The maximum Gasteiger partial charge on any atom is 0.331 e. The van der Waals surface area contributed by atoms with Crippen LogP contribution >= 0.6 is 0 Å². The number of benzene rings is 2. The molecule has 37 heavy (non-hydrogen) atoms. The van der Waals surface area contributed by atoms with Crippen LogP contribution in [0.1, 0.15) is 44.9 Å². The van der Waals surface area contributed by atoms with Crippen molar-refractivity contribution >= 4 is 28.4 Å². The van der Waals surface area contributed by atoms with E-state index in [1.54, 1.807) is 42.5 Å². The lowest BCUT2D eigenvalue weighted by Crippen LogP contribution is -2.41. The van der Waals surface area contributed by atoms with Gasteiger partial charge in [0.15, 0.2) is 11.5 Å². The van der Waals surface area contributed by atoms with Crippen LogP contribution in [0.2, 0.25) is 0 Å². The van der Waals surface area contributed by atoms with Gasteiger partial charge in [0.1, 0.15) is 6.54 Å². The van der Waals surface area contributed by atoms with Gasteiger partial charge < -0.3 is 20.1 Å². The van der Waals surface area contributed by atoms with Crippen molar-refractivity contribution in [3.05, 3.63) is 63.3 Å². The van der Waals surface area contributed by atoms with E-state index in [2.05, 4.69) is 10.6 Å². The number of carbonyl (C=O) groups excluding carboxylic acids is 2. The van der Waals surface area contributed by atoms with Crippen LogP contribution in [-0.4, -0.2) is 33.8 Å². The van der Waals surface area contributed by atoms with Crippen LogP contribution in [0.4, 0.5) is 5.69 Å². The first-order valence-corrected chi connectivity index (χ1v) is 12.7. The van der Waals surface area contributed by atoms with Crippen LogP contribution in [0.5, 0.6) is 11.5 Å². The van der Waals surface area contributed by atoms with E-state index in [1.807, 2.05) is 0 Å². The molecule has 0 unspecified atom stereocenters. The van der Waals surface area contributed by atoms with E-state index < -0.39 is 17.2 Å². The molecule has 2 N–H and O–H groups in total. The average molecular weight is 507 g/mol. The minimum atomic E-state index is -0.556. The van der Waals surface area contributed by atoms with Crippen molar-refractivity contribution < 1.29 is 19.1 Å². The second-order valence-electron chi connectivity index (χ2n) is 9.46. The van der Waals surface area contributed by atoms with E-state index in [0.717, 1.165) is 30.3 Å².